The van der Waals surface area contributed by atoms with Crippen molar-refractivity contribution in [3.05, 3.63) is 67.0 Å². The molecular formula is C26H27N7O3. The summed E-state index contributed by atoms with van der Waals surface area (Å²) in [5.41, 5.74) is 1.76. The molecule has 0 unspecified atom stereocenters. The fourth-order valence-electron chi connectivity index (χ4n) is 4.14. The van der Waals surface area contributed by atoms with Crippen molar-refractivity contribution in [1.82, 2.24) is 29.6 Å². The Balaban J connectivity index is 1.33. The Morgan fingerprint density at radius 2 is 1.64 bits per heavy atom. The van der Waals surface area contributed by atoms with E-state index >= 15 is 0 Å². The van der Waals surface area contributed by atoms with Crippen LogP contribution in [0.4, 0.5) is 5.82 Å². The van der Waals surface area contributed by atoms with Crippen molar-refractivity contribution >= 4 is 11.7 Å². The van der Waals surface area contributed by atoms with E-state index in [1.165, 1.54) is 6.33 Å². The SMILES string of the molecule is COc1ccc(-c2nc(-c3ccccc3)n(CC(=O)N3CCN(c4cc(OC)ncn4)CC3)n2)cc1. The average molecular weight is 486 g/mol. The predicted molar refractivity (Wildman–Crippen MR) is 135 cm³/mol. The van der Waals surface area contributed by atoms with Gasteiger partial charge < -0.3 is 19.3 Å². The highest BCUT2D eigenvalue weighted by atomic mass is 16.5. The fraction of sp³-hybridized carbons (Fsp3) is 0.269. The summed E-state index contributed by atoms with van der Waals surface area (Å²) in [4.78, 5) is 30.4. The smallest absolute Gasteiger partial charge is 0.244 e. The fourth-order valence-corrected chi connectivity index (χ4v) is 4.14. The lowest BCUT2D eigenvalue weighted by Gasteiger charge is -2.35. The third-order valence-electron chi connectivity index (χ3n) is 6.13. The molecule has 3 heterocycles. The molecule has 0 spiro atoms. The average Bonchev–Trinajstić information content (AvgIpc) is 3.37. The Labute approximate surface area is 209 Å². The minimum absolute atomic E-state index is 0.00159. The minimum atomic E-state index is -0.00159. The summed E-state index contributed by atoms with van der Waals surface area (Å²) < 4.78 is 12.2. The molecule has 0 saturated carbocycles. The summed E-state index contributed by atoms with van der Waals surface area (Å²) in [6.07, 6.45) is 1.49. The topological polar surface area (TPSA) is 98.5 Å². The van der Waals surface area contributed by atoms with Gasteiger partial charge in [-0.05, 0) is 24.3 Å². The molecule has 0 atom stereocenters. The number of carbonyl (C=O) groups is 1. The number of piperazine rings is 1. The minimum Gasteiger partial charge on any atom is -0.497 e. The van der Waals surface area contributed by atoms with Crippen LogP contribution < -0.4 is 14.4 Å². The number of benzene rings is 2. The molecule has 1 fully saturated rings. The second-order valence-corrected chi connectivity index (χ2v) is 8.30. The number of amides is 1. The van der Waals surface area contributed by atoms with Crippen LogP contribution in [0.2, 0.25) is 0 Å². The van der Waals surface area contributed by atoms with Gasteiger partial charge in [-0.1, -0.05) is 30.3 Å². The molecule has 5 rings (SSSR count). The number of anilines is 1. The van der Waals surface area contributed by atoms with E-state index in [1.807, 2.05) is 59.5 Å². The number of hydrogen-bond donors (Lipinski definition) is 0. The first-order valence-corrected chi connectivity index (χ1v) is 11.7. The van der Waals surface area contributed by atoms with Crippen molar-refractivity contribution in [3.8, 4) is 34.4 Å². The molecule has 0 N–H and O–H groups in total. The van der Waals surface area contributed by atoms with Gasteiger partial charge in [0.05, 0.1) is 14.2 Å². The number of rotatable bonds is 7. The Hall–Kier alpha value is -4.47. The molecule has 36 heavy (non-hydrogen) atoms. The summed E-state index contributed by atoms with van der Waals surface area (Å²) >= 11 is 0. The lowest BCUT2D eigenvalue weighted by atomic mass is 10.2. The van der Waals surface area contributed by atoms with E-state index in [0.29, 0.717) is 43.7 Å². The van der Waals surface area contributed by atoms with Crippen LogP contribution in [-0.4, -0.2) is 75.9 Å². The van der Waals surface area contributed by atoms with Gasteiger partial charge in [0.15, 0.2) is 11.6 Å². The second kappa shape index (κ2) is 10.4. The van der Waals surface area contributed by atoms with Gasteiger partial charge in [0.2, 0.25) is 11.8 Å². The van der Waals surface area contributed by atoms with Crippen LogP contribution >= 0.6 is 0 Å². The number of hydrogen-bond acceptors (Lipinski definition) is 8. The predicted octanol–water partition coefficient (Wildman–Crippen LogP) is 2.77. The molecule has 10 heteroatoms. The number of nitrogens with zero attached hydrogens (tertiary/aromatic N) is 7. The maximum Gasteiger partial charge on any atom is 0.244 e. The van der Waals surface area contributed by atoms with E-state index < -0.39 is 0 Å². The Morgan fingerprint density at radius 3 is 2.33 bits per heavy atom. The first-order chi connectivity index (χ1) is 17.6. The number of carbonyl (C=O) groups excluding carboxylic acids is 1. The van der Waals surface area contributed by atoms with E-state index in [1.54, 1.807) is 25.0 Å². The van der Waals surface area contributed by atoms with Crippen molar-refractivity contribution < 1.29 is 14.3 Å². The highest BCUT2D eigenvalue weighted by molar-refractivity contribution is 5.77. The van der Waals surface area contributed by atoms with E-state index in [2.05, 4.69) is 14.9 Å². The van der Waals surface area contributed by atoms with Gasteiger partial charge >= 0.3 is 0 Å². The Kier molecular flexibility index (Phi) is 6.74. The van der Waals surface area contributed by atoms with E-state index in [9.17, 15) is 4.79 Å². The molecular weight excluding hydrogens is 458 g/mol. The zero-order chi connectivity index (χ0) is 24.9. The second-order valence-electron chi connectivity index (χ2n) is 8.30. The van der Waals surface area contributed by atoms with Crippen molar-refractivity contribution in [2.45, 2.75) is 6.54 Å². The van der Waals surface area contributed by atoms with Crippen molar-refractivity contribution in [2.24, 2.45) is 0 Å². The quantitative estimate of drug-likeness (QED) is 0.394. The van der Waals surface area contributed by atoms with Gasteiger partial charge in [-0.3, -0.25) is 4.79 Å². The first-order valence-electron chi connectivity index (χ1n) is 11.7. The van der Waals surface area contributed by atoms with Gasteiger partial charge in [0, 0.05) is 43.4 Å². The van der Waals surface area contributed by atoms with Gasteiger partial charge in [0.25, 0.3) is 0 Å². The zero-order valence-corrected chi connectivity index (χ0v) is 20.2. The largest absolute Gasteiger partial charge is 0.497 e. The lowest BCUT2D eigenvalue weighted by molar-refractivity contribution is -0.132. The maximum absolute atomic E-state index is 13.3. The van der Waals surface area contributed by atoms with Gasteiger partial charge in [0.1, 0.15) is 24.4 Å². The van der Waals surface area contributed by atoms with Crippen LogP contribution in [0.3, 0.4) is 0 Å². The van der Waals surface area contributed by atoms with Crippen molar-refractivity contribution in [1.29, 1.82) is 0 Å². The van der Waals surface area contributed by atoms with Crippen molar-refractivity contribution in [3.63, 3.8) is 0 Å². The van der Waals surface area contributed by atoms with Gasteiger partial charge in [-0.2, -0.15) is 0 Å². The molecule has 0 bridgehead atoms. The Bertz CT molecular complexity index is 1320. The molecule has 1 saturated heterocycles. The van der Waals surface area contributed by atoms with E-state index in [-0.39, 0.29) is 12.5 Å². The molecule has 4 aromatic rings. The molecule has 0 aliphatic carbocycles. The first kappa shape index (κ1) is 23.3. The number of methoxy groups -OCH3 is 2. The van der Waals surface area contributed by atoms with Gasteiger partial charge in [-0.25, -0.2) is 19.6 Å². The summed E-state index contributed by atoms with van der Waals surface area (Å²) in [7, 11) is 3.21. The monoisotopic (exact) mass is 485 g/mol. The van der Waals surface area contributed by atoms with Crippen LogP contribution in [0.5, 0.6) is 11.6 Å². The summed E-state index contributed by atoms with van der Waals surface area (Å²) in [6, 6.07) is 19.2. The number of ether oxygens (including phenoxy) is 2. The third kappa shape index (κ3) is 4.97. The molecule has 10 nitrogen and oxygen atoms in total. The Morgan fingerprint density at radius 1 is 0.889 bits per heavy atom. The van der Waals surface area contributed by atoms with Gasteiger partial charge in [-0.15, -0.1) is 5.10 Å². The molecule has 2 aromatic carbocycles. The van der Waals surface area contributed by atoms with Crippen LogP contribution in [-0.2, 0) is 11.3 Å². The summed E-state index contributed by atoms with van der Waals surface area (Å²) in [5, 5.41) is 4.70. The summed E-state index contributed by atoms with van der Waals surface area (Å²) in [5.74, 6) is 3.29. The molecule has 2 aromatic heterocycles. The van der Waals surface area contributed by atoms with Crippen molar-refractivity contribution in [2.75, 3.05) is 45.3 Å². The third-order valence-corrected chi connectivity index (χ3v) is 6.13. The highest BCUT2D eigenvalue weighted by Crippen LogP contribution is 2.24. The van der Waals surface area contributed by atoms with Crippen LogP contribution in [0.1, 0.15) is 0 Å². The van der Waals surface area contributed by atoms with Crippen LogP contribution in [0.25, 0.3) is 22.8 Å². The summed E-state index contributed by atoms with van der Waals surface area (Å²) in [6.45, 7) is 2.63. The van der Waals surface area contributed by atoms with E-state index in [0.717, 1.165) is 22.7 Å². The van der Waals surface area contributed by atoms with Crippen LogP contribution in [0, 0.1) is 0 Å². The molecule has 184 valence electrons. The molecule has 1 amide bonds. The number of aromatic nitrogens is 5. The lowest BCUT2D eigenvalue weighted by Crippen LogP contribution is -2.50. The standard InChI is InChI=1S/C26H27N7O3/c1-35-21-10-8-19(9-11-21)25-29-26(20-6-4-3-5-7-20)33(30-25)17-24(34)32-14-12-31(13-15-32)22-16-23(36-2)28-18-27-22/h3-11,16,18H,12-15,17H2,1-2H3. The molecule has 0 radical (unpaired) electrons. The van der Waals surface area contributed by atoms with Crippen LogP contribution in [0.15, 0.2) is 67.0 Å². The normalized spacial score (nSPS) is 13.5. The van der Waals surface area contributed by atoms with E-state index in [4.69, 9.17) is 19.6 Å². The zero-order valence-electron chi connectivity index (χ0n) is 20.2. The molecule has 1 aliphatic heterocycles. The maximum atomic E-state index is 13.3. The highest BCUT2D eigenvalue weighted by Gasteiger charge is 2.24. The molecule has 1 aliphatic rings.